The number of carboxylic acid groups (broad SMARTS) is 1. The second kappa shape index (κ2) is 5.01. The van der Waals surface area contributed by atoms with E-state index < -0.39 is 5.97 Å². The van der Waals surface area contributed by atoms with Crippen molar-refractivity contribution in [1.29, 1.82) is 0 Å². The summed E-state index contributed by atoms with van der Waals surface area (Å²) < 4.78 is 6.09. The lowest BCUT2D eigenvalue weighted by molar-refractivity contribution is 0.0524. The fraction of sp³-hybridized carbons (Fsp3) is 0.455. The number of aromatic nitrogens is 1. The molecule has 92 valence electrons. The molecule has 1 aliphatic heterocycles. The molecule has 2 rings (SSSR count). The Morgan fingerprint density at radius 1 is 1.71 bits per heavy atom. The molecule has 6 heteroatoms. The van der Waals surface area contributed by atoms with Crippen LogP contribution in [0.1, 0.15) is 17.3 Å². The van der Waals surface area contributed by atoms with Crippen LogP contribution in [0.3, 0.4) is 0 Å². The zero-order valence-corrected chi connectivity index (χ0v) is 11.0. The molecule has 1 fully saturated rings. The number of halogens is 1. The van der Waals surface area contributed by atoms with Crippen LogP contribution in [-0.4, -0.2) is 41.9 Å². The second-order valence-corrected chi connectivity index (χ2v) is 4.87. The summed E-state index contributed by atoms with van der Waals surface area (Å²) in [5.74, 6) is -0.455. The van der Waals surface area contributed by atoms with E-state index in [2.05, 4.69) is 20.9 Å². The molecule has 1 unspecified atom stereocenters. The fourth-order valence-corrected chi connectivity index (χ4v) is 2.18. The number of morpholine rings is 1. The van der Waals surface area contributed by atoms with E-state index >= 15 is 0 Å². The van der Waals surface area contributed by atoms with Gasteiger partial charge in [-0.25, -0.2) is 9.78 Å². The Hall–Kier alpha value is -1.14. The smallest absolute Gasteiger partial charge is 0.339 e. The van der Waals surface area contributed by atoms with Gasteiger partial charge in [0.05, 0.1) is 12.7 Å². The van der Waals surface area contributed by atoms with Crippen molar-refractivity contribution < 1.29 is 14.6 Å². The Kier molecular flexibility index (Phi) is 3.63. The van der Waals surface area contributed by atoms with Crippen LogP contribution in [0, 0.1) is 0 Å². The maximum Gasteiger partial charge on any atom is 0.339 e. The number of ether oxygens (including phenoxy) is 1. The number of nitrogens with zero attached hydrogens (tertiary/aromatic N) is 2. The number of pyridine rings is 1. The van der Waals surface area contributed by atoms with Crippen molar-refractivity contribution in [3.05, 3.63) is 22.3 Å². The molecule has 1 aliphatic rings. The summed E-state index contributed by atoms with van der Waals surface area (Å²) in [6.45, 7) is 3.89. The Morgan fingerprint density at radius 2 is 2.47 bits per heavy atom. The summed E-state index contributed by atoms with van der Waals surface area (Å²) >= 11 is 3.23. The first-order chi connectivity index (χ1) is 8.08. The van der Waals surface area contributed by atoms with E-state index in [0.717, 1.165) is 0 Å². The number of hydrogen-bond acceptors (Lipinski definition) is 4. The van der Waals surface area contributed by atoms with Gasteiger partial charge in [0.15, 0.2) is 0 Å². The van der Waals surface area contributed by atoms with E-state index in [1.807, 2.05) is 11.8 Å². The molecular weight excluding hydrogens is 288 g/mol. The van der Waals surface area contributed by atoms with Crippen molar-refractivity contribution in [2.45, 2.75) is 13.0 Å². The van der Waals surface area contributed by atoms with Crippen LogP contribution >= 0.6 is 15.9 Å². The third kappa shape index (κ3) is 2.76. The van der Waals surface area contributed by atoms with Crippen molar-refractivity contribution in [3.63, 3.8) is 0 Å². The highest BCUT2D eigenvalue weighted by Crippen LogP contribution is 2.23. The van der Waals surface area contributed by atoms with E-state index in [-0.39, 0.29) is 11.7 Å². The number of anilines is 1. The molecule has 0 bridgehead atoms. The Labute approximate surface area is 108 Å². The molecule has 0 aromatic carbocycles. The Bertz CT molecular complexity index is 439. The maximum atomic E-state index is 11.2. The van der Waals surface area contributed by atoms with Gasteiger partial charge in [0, 0.05) is 23.8 Å². The molecule has 0 radical (unpaired) electrons. The molecular formula is C11H13BrN2O3. The second-order valence-electron chi connectivity index (χ2n) is 3.96. The molecule has 2 heterocycles. The molecule has 5 nitrogen and oxygen atoms in total. The molecule has 1 aromatic rings. The number of rotatable bonds is 2. The zero-order valence-electron chi connectivity index (χ0n) is 9.39. The van der Waals surface area contributed by atoms with Crippen molar-refractivity contribution in [1.82, 2.24) is 4.98 Å². The topological polar surface area (TPSA) is 62.7 Å². The molecule has 0 amide bonds. The molecule has 0 spiro atoms. The van der Waals surface area contributed by atoms with Crippen molar-refractivity contribution in [2.24, 2.45) is 0 Å². The predicted octanol–water partition coefficient (Wildman–Crippen LogP) is 1.77. The Balaban J connectivity index is 2.33. The van der Waals surface area contributed by atoms with E-state index in [0.29, 0.717) is 30.0 Å². The quantitative estimate of drug-likeness (QED) is 0.902. The maximum absolute atomic E-state index is 11.2. The van der Waals surface area contributed by atoms with Gasteiger partial charge in [-0.15, -0.1) is 0 Å². The average Bonchev–Trinajstić information content (AvgIpc) is 2.28. The van der Waals surface area contributed by atoms with E-state index in [1.165, 1.54) is 0 Å². The minimum atomic E-state index is -0.965. The summed E-state index contributed by atoms with van der Waals surface area (Å²) in [6.07, 6.45) is 1.71. The molecule has 1 atom stereocenters. The number of hydrogen-bond donors (Lipinski definition) is 1. The molecule has 1 N–H and O–H groups in total. The minimum Gasteiger partial charge on any atom is -0.478 e. The van der Waals surface area contributed by atoms with Gasteiger partial charge in [-0.3, -0.25) is 0 Å². The number of carboxylic acids is 1. The first kappa shape index (κ1) is 12.3. The molecule has 1 saturated heterocycles. The van der Waals surface area contributed by atoms with Crippen LogP contribution in [-0.2, 0) is 4.74 Å². The van der Waals surface area contributed by atoms with E-state index in [4.69, 9.17) is 9.84 Å². The summed E-state index contributed by atoms with van der Waals surface area (Å²) in [5, 5.41) is 9.17. The highest BCUT2D eigenvalue weighted by atomic mass is 79.9. The highest BCUT2D eigenvalue weighted by Gasteiger charge is 2.23. The van der Waals surface area contributed by atoms with Crippen LogP contribution in [0.5, 0.6) is 0 Å². The molecule has 17 heavy (non-hydrogen) atoms. The zero-order chi connectivity index (χ0) is 12.4. The van der Waals surface area contributed by atoms with Gasteiger partial charge in [0.25, 0.3) is 0 Å². The van der Waals surface area contributed by atoms with Crippen molar-refractivity contribution in [3.8, 4) is 0 Å². The predicted molar refractivity (Wildman–Crippen MR) is 66.5 cm³/mol. The third-order valence-corrected chi connectivity index (χ3v) is 3.04. The van der Waals surface area contributed by atoms with Crippen LogP contribution < -0.4 is 4.90 Å². The molecule has 0 aliphatic carbocycles. The molecule has 0 saturated carbocycles. The lowest BCUT2D eigenvalue weighted by Gasteiger charge is -2.32. The fourth-order valence-electron chi connectivity index (χ4n) is 1.85. The summed E-state index contributed by atoms with van der Waals surface area (Å²) in [6, 6.07) is 1.57. The van der Waals surface area contributed by atoms with Crippen molar-refractivity contribution >= 4 is 27.7 Å². The van der Waals surface area contributed by atoms with Crippen LogP contribution in [0.15, 0.2) is 16.7 Å². The SMILES string of the molecule is CC1CN(c2ncc(Br)cc2C(=O)O)CCO1. The standard InChI is InChI=1S/C11H13BrN2O3/c1-7-6-14(2-3-17-7)10-9(11(15)16)4-8(12)5-13-10/h4-5,7H,2-3,6H2,1H3,(H,15,16). The van der Waals surface area contributed by atoms with Crippen LogP contribution in [0.2, 0.25) is 0 Å². The Morgan fingerprint density at radius 3 is 3.12 bits per heavy atom. The minimum absolute atomic E-state index is 0.0934. The summed E-state index contributed by atoms with van der Waals surface area (Å²) in [4.78, 5) is 17.3. The summed E-state index contributed by atoms with van der Waals surface area (Å²) in [7, 11) is 0. The van der Waals surface area contributed by atoms with Crippen molar-refractivity contribution in [2.75, 3.05) is 24.6 Å². The van der Waals surface area contributed by atoms with Gasteiger partial charge >= 0.3 is 5.97 Å². The first-order valence-electron chi connectivity index (χ1n) is 5.33. The van der Waals surface area contributed by atoms with Crippen LogP contribution in [0.4, 0.5) is 5.82 Å². The number of carbonyl (C=O) groups is 1. The van der Waals surface area contributed by atoms with E-state index in [9.17, 15) is 4.79 Å². The molecule has 1 aromatic heterocycles. The first-order valence-corrected chi connectivity index (χ1v) is 6.12. The lowest BCUT2D eigenvalue weighted by Crippen LogP contribution is -2.42. The third-order valence-electron chi connectivity index (χ3n) is 2.60. The van der Waals surface area contributed by atoms with Gasteiger partial charge < -0.3 is 14.7 Å². The normalized spacial score (nSPS) is 20.4. The monoisotopic (exact) mass is 300 g/mol. The van der Waals surface area contributed by atoms with Gasteiger partial charge in [0.2, 0.25) is 0 Å². The van der Waals surface area contributed by atoms with Gasteiger partial charge in [-0.1, -0.05) is 0 Å². The van der Waals surface area contributed by atoms with E-state index in [1.54, 1.807) is 12.3 Å². The van der Waals surface area contributed by atoms with Gasteiger partial charge in [0.1, 0.15) is 11.4 Å². The van der Waals surface area contributed by atoms with Gasteiger partial charge in [-0.2, -0.15) is 0 Å². The lowest BCUT2D eigenvalue weighted by atomic mass is 10.2. The van der Waals surface area contributed by atoms with Gasteiger partial charge in [-0.05, 0) is 28.9 Å². The number of aromatic carboxylic acids is 1. The van der Waals surface area contributed by atoms with Crippen LogP contribution in [0.25, 0.3) is 0 Å². The highest BCUT2D eigenvalue weighted by molar-refractivity contribution is 9.10. The summed E-state index contributed by atoms with van der Waals surface area (Å²) in [5.41, 5.74) is 0.216. The largest absolute Gasteiger partial charge is 0.478 e. The average molecular weight is 301 g/mol.